The quantitative estimate of drug-likeness (QED) is 0.596. The highest BCUT2D eigenvalue weighted by molar-refractivity contribution is 7.18. The molecule has 0 aliphatic carbocycles. The van der Waals surface area contributed by atoms with Crippen LogP contribution >= 0.6 is 11.3 Å². The lowest BCUT2D eigenvalue weighted by molar-refractivity contribution is -0.129. The van der Waals surface area contributed by atoms with Crippen molar-refractivity contribution in [2.24, 2.45) is 5.92 Å². The van der Waals surface area contributed by atoms with E-state index in [4.69, 9.17) is 0 Å². The molecule has 0 aliphatic rings. The smallest absolute Gasteiger partial charge is 0.236 e. The Hall–Kier alpha value is -2.24. The summed E-state index contributed by atoms with van der Waals surface area (Å²) in [6.07, 6.45) is 1.04. The van der Waals surface area contributed by atoms with Gasteiger partial charge in [-0.1, -0.05) is 57.2 Å². The Balaban J connectivity index is 1.60. The molecular weight excluding hydrogens is 366 g/mol. The van der Waals surface area contributed by atoms with Gasteiger partial charge in [0.05, 0.1) is 23.3 Å². The number of carbonyl (C=O) groups excluding carboxylic acids is 1. The van der Waals surface area contributed by atoms with Crippen LogP contribution in [0.5, 0.6) is 0 Å². The highest BCUT2D eigenvalue weighted by atomic mass is 32.1. The average Bonchev–Trinajstić information content (AvgIpc) is 3.10. The molecule has 1 atom stereocenters. The van der Waals surface area contributed by atoms with Crippen molar-refractivity contribution >= 4 is 27.5 Å². The van der Waals surface area contributed by atoms with E-state index in [9.17, 15) is 4.79 Å². The number of rotatable bonds is 8. The lowest BCUT2D eigenvalue weighted by atomic mass is 9.95. The molecule has 148 valence electrons. The standard InChI is InChI=1S/C23H29N3OS/c1-5-17-10-12-18(13-11-17)23(16(2)3)24-14-22(27)26(4)15-21-25-19-8-6-7-9-20(19)28-21/h6-13,16,23-24H,5,14-15H2,1-4H3/t23-/m0/s1. The van der Waals surface area contributed by atoms with Crippen molar-refractivity contribution in [3.63, 3.8) is 0 Å². The van der Waals surface area contributed by atoms with Crippen LogP contribution in [-0.4, -0.2) is 29.4 Å². The first-order chi connectivity index (χ1) is 13.5. The van der Waals surface area contributed by atoms with E-state index in [1.54, 1.807) is 16.2 Å². The first kappa shape index (κ1) is 20.5. The van der Waals surface area contributed by atoms with Crippen LogP contribution in [0.3, 0.4) is 0 Å². The Labute approximate surface area is 171 Å². The number of thiazole rings is 1. The minimum atomic E-state index is 0.0788. The maximum Gasteiger partial charge on any atom is 0.236 e. The number of carbonyl (C=O) groups is 1. The van der Waals surface area contributed by atoms with E-state index in [1.165, 1.54) is 11.1 Å². The molecule has 0 saturated heterocycles. The molecule has 5 heteroatoms. The highest BCUT2D eigenvalue weighted by Crippen LogP contribution is 2.23. The zero-order valence-corrected chi connectivity index (χ0v) is 17.9. The van der Waals surface area contributed by atoms with Gasteiger partial charge in [0.1, 0.15) is 5.01 Å². The summed E-state index contributed by atoms with van der Waals surface area (Å²) in [4.78, 5) is 19.0. The summed E-state index contributed by atoms with van der Waals surface area (Å²) >= 11 is 1.65. The molecule has 3 rings (SSSR count). The number of hydrogen-bond donors (Lipinski definition) is 1. The fraction of sp³-hybridized carbons (Fsp3) is 0.391. The Morgan fingerprint density at radius 2 is 1.86 bits per heavy atom. The molecule has 3 aromatic rings. The van der Waals surface area contributed by atoms with E-state index in [-0.39, 0.29) is 11.9 Å². The molecule has 0 aliphatic heterocycles. The van der Waals surface area contributed by atoms with Crippen molar-refractivity contribution in [1.82, 2.24) is 15.2 Å². The van der Waals surface area contributed by atoms with E-state index in [2.05, 4.69) is 61.4 Å². The largest absolute Gasteiger partial charge is 0.338 e. The number of benzene rings is 2. The number of nitrogens with zero attached hydrogens (tertiary/aromatic N) is 2. The maximum absolute atomic E-state index is 12.7. The zero-order chi connectivity index (χ0) is 20.1. The van der Waals surface area contributed by atoms with Crippen LogP contribution in [0.25, 0.3) is 10.2 Å². The summed E-state index contributed by atoms with van der Waals surface area (Å²) in [7, 11) is 1.84. The molecule has 1 amide bonds. The summed E-state index contributed by atoms with van der Waals surface area (Å²) in [6.45, 7) is 7.38. The van der Waals surface area contributed by atoms with Crippen LogP contribution in [0, 0.1) is 5.92 Å². The molecule has 2 aromatic carbocycles. The molecule has 0 spiro atoms. The number of aromatic nitrogens is 1. The minimum absolute atomic E-state index is 0.0788. The first-order valence-electron chi connectivity index (χ1n) is 9.88. The van der Waals surface area contributed by atoms with Gasteiger partial charge in [-0.25, -0.2) is 4.98 Å². The average molecular weight is 396 g/mol. The summed E-state index contributed by atoms with van der Waals surface area (Å²) in [5.74, 6) is 0.477. The Morgan fingerprint density at radius 1 is 1.14 bits per heavy atom. The number of likely N-dealkylation sites (N-methyl/N-ethyl adjacent to an activating group) is 1. The third kappa shape index (κ3) is 4.97. The van der Waals surface area contributed by atoms with Crippen LogP contribution in [-0.2, 0) is 17.8 Å². The van der Waals surface area contributed by atoms with Gasteiger partial charge in [0, 0.05) is 13.1 Å². The SMILES string of the molecule is CCc1ccc([C@@H](NCC(=O)N(C)Cc2nc3ccccc3s2)C(C)C)cc1. The van der Waals surface area contributed by atoms with Gasteiger partial charge in [0.25, 0.3) is 0 Å². The predicted molar refractivity (Wildman–Crippen MR) is 117 cm³/mol. The van der Waals surface area contributed by atoms with Crippen molar-refractivity contribution < 1.29 is 4.79 Å². The molecule has 28 heavy (non-hydrogen) atoms. The lowest BCUT2D eigenvalue weighted by Crippen LogP contribution is -2.38. The Bertz CT molecular complexity index is 884. The Morgan fingerprint density at radius 3 is 2.50 bits per heavy atom. The monoisotopic (exact) mass is 395 g/mol. The van der Waals surface area contributed by atoms with E-state index >= 15 is 0 Å². The first-order valence-corrected chi connectivity index (χ1v) is 10.7. The molecule has 0 radical (unpaired) electrons. The third-order valence-corrected chi connectivity index (χ3v) is 6.04. The topological polar surface area (TPSA) is 45.2 Å². The summed E-state index contributed by atoms with van der Waals surface area (Å²) in [5, 5.41) is 4.42. The number of nitrogens with one attached hydrogen (secondary N) is 1. The summed E-state index contributed by atoms with van der Waals surface area (Å²) in [6, 6.07) is 16.9. The number of fused-ring (bicyclic) bond motifs is 1. The molecule has 0 fully saturated rings. The number of amides is 1. The molecular formula is C23H29N3OS. The number of aryl methyl sites for hydroxylation is 1. The predicted octanol–water partition coefficient (Wildman–Crippen LogP) is 4.80. The fourth-order valence-corrected chi connectivity index (χ4v) is 4.33. The van der Waals surface area contributed by atoms with Crippen LogP contribution in [0.4, 0.5) is 0 Å². The fourth-order valence-electron chi connectivity index (χ4n) is 3.31. The van der Waals surface area contributed by atoms with Crippen molar-refractivity contribution in [3.8, 4) is 0 Å². The van der Waals surface area contributed by atoms with Crippen molar-refractivity contribution in [2.75, 3.05) is 13.6 Å². The van der Waals surface area contributed by atoms with Gasteiger partial charge in [0.2, 0.25) is 5.91 Å². The minimum Gasteiger partial charge on any atom is -0.338 e. The number of hydrogen-bond acceptors (Lipinski definition) is 4. The van der Waals surface area contributed by atoms with Gasteiger partial charge in [0.15, 0.2) is 0 Å². The van der Waals surface area contributed by atoms with Crippen molar-refractivity contribution in [1.29, 1.82) is 0 Å². The van der Waals surface area contributed by atoms with Crippen LogP contribution in [0.2, 0.25) is 0 Å². The second-order valence-corrected chi connectivity index (χ2v) is 8.64. The van der Waals surface area contributed by atoms with E-state index in [0.717, 1.165) is 21.6 Å². The van der Waals surface area contributed by atoms with Gasteiger partial charge in [-0.2, -0.15) is 0 Å². The van der Waals surface area contributed by atoms with E-state index < -0.39 is 0 Å². The van der Waals surface area contributed by atoms with Crippen molar-refractivity contribution in [3.05, 3.63) is 64.7 Å². The maximum atomic E-state index is 12.7. The van der Waals surface area contributed by atoms with E-state index in [0.29, 0.717) is 19.0 Å². The summed E-state index contributed by atoms with van der Waals surface area (Å²) < 4.78 is 1.16. The molecule has 1 N–H and O–H groups in total. The van der Waals surface area contributed by atoms with Gasteiger partial charge < -0.3 is 10.2 Å². The molecule has 1 aromatic heterocycles. The number of para-hydroxylation sites is 1. The van der Waals surface area contributed by atoms with E-state index in [1.807, 2.05) is 25.2 Å². The van der Waals surface area contributed by atoms with Crippen molar-refractivity contribution in [2.45, 2.75) is 39.8 Å². The second kappa shape index (κ2) is 9.30. The third-order valence-electron chi connectivity index (χ3n) is 5.02. The van der Waals surface area contributed by atoms with Crippen LogP contribution < -0.4 is 5.32 Å². The molecule has 0 unspecified atom stereocenters. The second-order valence-electron chi connectivity index (χ2n) is 7.52. The summed E-state index contributed by atoms with van der Waals surface area (Å²) in [5.41, 5.74) is 3.56. The molecule has 1 heterocycles. The van der Waals surface area contributed by atoms with Gasteiger partial charge in [-0.05, 0) is 35.6 Å². The normalized spacial score (nSPS) is 12.5. The molecule has 0 bridgehead atoms. The van der Waals surface area contributed by atoms with Gasteiger partial charge in [-0.15, -0.1) is 11.3 Å². The highest BCUT2D eigenvalue weighted by Gasteiger charge is 2.18. The molecule has 0 saturated carbocycles. The molecule has 4 nitrogen and oxygen atoms in total. The van der Waals surface area contributed by atoms with Crippen LogP contribution in [0.1, 0.15) is 42.9 Å². The van der Waals surface area contributed by atoms with Gasteiger partial charge in [-0.3, -0.25) is 4.79 Å². The van der Waals surface area contributed by atoms with Gasteiger partial charge >= 0.3 is 0 Å². The zero-order valence-electron chi connectivity index (χ0n) is 17.1. The lowest BCUT2D eigenvalue weighted by Gasteiger charge is -2.24. The Kier molecular flexibility index (Phi) is 6.81. The van der Waals surface area contributed by atoms with Crippen LogP contribution in [0.15, 0.2) is 48.5 Å².